The van der Waals surface area contributed by atoms with Crippen molar-refractivity contribution in [2.45, 2.75) is 51.8 Å². The topological polar surface area (TPSA) is 64.7 Å². The molecule has 1 aliphatic heterocycles. The fraction of sp³-hybridized carbons (Fsp3) is 0.571. The third kappa shape index (κ3) is 2.43. The first-order valence-electron chi connectivity index (χ1n) is 6.65. The largest absolute Gasteiger partial charge is 0.507 e. The lowest BCUT2D eigenvalue weighted by Crippen LogP contribution is -2.41. The second-order valence-electron chi connectivity index (χ2n) is 6.31. The normalized spacial score (nSPS) is 22.1. The molecule has 0 bridgehead atoms. The molecule has 1 aliphatic rings. The molecule has 110 valence electrons. The van der Waals surface area contributed by atoms with Crippen LogP contribution in [0.25, 0.3) is 0 Å². The van der Waals surface area contributed by atoms with Gasteiger partial charge in [0.15, 0.2) is 0 Å². The smallest absolute Gasteiger partial charge is 0.480 e. The summed E-state index contributed by atoms with van der Waals surface area (Å²) >= 11 is 0. The molecule has 1 unspecified atom stereocenters. The van der Waals surface area contributed by atoms with Gasteiger partial charge in [0.05, 0.1) is 17.1 Å². The highest BCUT2D eigenvalue weighted by Crippen LogP contribution is 2.41. The number of aryl methyl sites for hydroxylation is 1. The number of hydrogen-bond donors (Lipinski definition) is 2. The molecule has 1 fully saturated rings. The average molecular weight is 281 g/mol. The van der Waals surface area contributed by atoms with Gasteiger partial charge < -0.3 is 20.1 Å². The summed E-state index contributed by atoms with van der Waals surface area (Å²) in [6.07, 6.45) is 0. The van der Waals surface area contributed by atoms with Crippen LogP contribution >= 0.6 is 0 Å². The summed E-state index contributed by atoms with van der Waals surface area (Å²) in [7, 11) is -0.730. The fourth-order valence-electron chi connectivity index (χ4n) is 2.20. The van der Waals surface area contributed by atoms with Crippen LogP contribution in [0.3, 0.4) is 0 Å². The Bertz CT molecular complexity index is 517. The molecule has 0 aliphatic carbocycles. The van der Waals surface area contributed by atoms with E-state index in [4.69, 9.17) is 15.0 Å². The standard InChI is InChI=1S/C14H21BFNO3/c1-8-6-9(16)7-10(11(8)18)12(17)15-19-13(2,3)14(4,5)20-15/h6-7,12,18H,17H2,1-5H3. The summed E-state index contributed by atoms with van der Waals surface area (Å²) in [6, 6.07) is 2.48. The average Bonchev–Trinajstić information content (AvgIpc) is 2.52. The van der Waals surface area contributed by atoms with Gasteiger partial charge in [-0.3, -0.25) is 0 Å². The zero-order valence-electron chi connectivity index (χ0n) is 12.5. The van der Waals surface area contributed by atoms with E-state index in [0.29, 0.717) is 11.1 Å². The maximum atomic E-state index is 13.5. The third-order valence-electron chi connectivity index (χ3n) is 4.22. The van der Waals surface area contributed by atoms with Crippen LogP contribution in [0.1, 0.15) is 44.8 Å². The van der Waals surface area contributed by atoms with Crippen LogP contribution in [-0.4, -0.2) is 23.4 Å². The summed E-state index contributed by atoms with van der Waals surface area (Å²) in [6.45, 7) is 9.28. The van der Waals surface area contributed by atoms with Crippen molar-refractivity contribution in [2.24, 2.45) is 5.73 Å². The molecule has 4 nitrogen and oxygen atoms in total. The number of hydrogen-bond acceptors (Lipinski definition) is 4. The number of nitrogens with two attached hydrogens (primary N) is 1. The van der Waals surface area contributed by atoms with Crippen LogP contribution in [0.15, 0.2) is 12.1 Å². The first kappa shape index (κ1) is 15.3. The molecule has 0 radical (unpaired) electrons. The van der Waals surface area contributed by atoms with Gasteiger partial charge in [-0.15, -0.1) is 0 Å². The molecule has 0 amide bonds. The Morgan fingerprint density at radius 2 is 1.70 bits per heavy atom. The molecule has 1 aromatic rings. The summed E-state index contributed by atoms with van der Waals surface area (Å²) in [5.74, 6) is -1.22. The summed E-state index contributed by atoms with van der Waals surface area (Å²) in [4.78, 5) is 0. The Morgan fingerprint density at radius 3 is 2.20 bits per heavy atom. The number of halogens is 1. The van der Waals surface area contributed by atoms with E-state index in [2.05, 4.69) is 0 Å². The van der Waals surface area contributed by atoms with E-state index in [1.807, 2.05) is 27.7 Å². The van der Waals surface area contributed by atoms with E-state index in [1.165, 1.54) is 12.1 Å². The van der Waals surface area contributed by atoms with Crippen LogP contribution < -0.4 is 5.73 Å². The van der Waals surface area contributed by atoms with E-state index >= 15 is 0 Å². The molecular formula is C14H21BFNO3. The van der Waals surface area contributed by atoms with Crippen LogP contribution in [0.5, 0.6) is 5.75 Å². The van der Waals surface area contributed by atoms with E-state index in [9.17, 15) is 9.50 Å². The van der Waals surface area contributed by atoms with Gasteiger partial charge in [0.1, 0.15) is 11.6 Å². The summed E-state index contributed by atoms with van der Waals surface area (Å²) in [5.41, 5.74) is 5.79. The quantitative estimate of drug-likeness (QED) is 0.817. The number of phenolic OH excluding ortho intramolecular Hbond substituents is 1. The van der Waals surface area contributed by atoms with Gasteiger partial charge in [-0.25, -0.2) is 4.39 Å². The monoisotopic (exact) mass is 281 g/mol. The number of rotatable bonds is 2. The molecule has 1 aromatic carbocycles. The first-order chi connectivity index (χ1) is 9.05. The first-order valence-corrected chi connectivity index (χ1v) is 6.65. The molecule has 1 saturated heterocycles. The fourth-order valence-corrected chi connectivity index (χ4v) is 2.20. The molecule has 3 N–H and O–H groups in total. The molecule has 1 atom stereocenters. The number of phenols is 1. The Labute approximate surface area is 119 Å². The van der Waals surface area contributed by atoms with Crippen molar-refractivity contribution < 1.29 is 18.8 Å². The predicted octanol–water partition coefficient (Wildman–Crippen LogP) is 2.47. The van der Waals surface area contributed by atoms with Crippen LogP contribution in [-0.2, 0) is 9.31 Å². The molecule has 0 spiro atoms. The van der Waals surface area contributed by atoms with Gasteiger partial charge in [-0.2, -0.15) is 0 Å². The Balaban J connectivity index is 2.32. The maximum Gasteiger partial charge on any atom is 0.480 e. The highest BCUT2D eigenvalue weighted by Gasteiger charge is 2.53. The Kier molecular flexibility index (Phi) is 3.61. The van der Waals surface area contributed by atoms with E-state index in [1.54, 1.807) is 6.92 Å². The maximum absolute atomic E-state index is 13.5. The molecule has 2 rings (SSSR count). The Morgan fingerprint density at radius 1 is 1.20 bits per heavy atom. The molecule has 1 heterocycles. The van der Waals surface area contributed by atoms with Gasteiger partial charge in [-0.1, -0.05) is 0 Å². The third-order valence-corrected chi connectivity index (χ3v) is 4.22. The van der Waals surface area contributed by atoms with Crippen LogP contribution in [0.2, 0.25) is 0 Å². The minimum Gasteiger partial charge on any atom is -0.507 e. The minimum atomic E-state index is -0.759. The number of benzene rings is 1. The van der Waals surface area contributed by atoms with E-state index < -0.39 is 30.1 Å². The molecule has 20 heavy (non-hydrogen) atoms. The second-order valence-corrected chi connectivity index (χ2v) is 6.31. The predicted molar refractivity (Wildman–Crippen MR) is 75.8 cm³/mol. The molecule has 0 aromatic heterocycles. The van der Waals surface area contributed by atoms with E-state index in [0.717, 1.165) is 0 Å². The zero-order chi connectivity index (χ0) is 15.3. The van der Waals surface area contributed by atoms with Crippen molar-refractivity contribution in [1.82, 2.24) is 0 Å². The van der Waals surface area contributed by atoms with Gasteiger partial charge in [0, 0.05) is 5.56 Å². The second kappa shape index (κ2) is 4.72. The van der Waals surface area contributed by atoms with Gasteiger partial charge in [-0.05, 0) is 52.3 Å². The molecule has 0 saturated carbocycles. The Hall–Kier alpha value is -1.11. The lowest BCUT2D eigenvalue weighted by Gasteiger charge is -2.32. The highest BCUT2D eigenvalue weighted by atomic mass is 19.1. The van der Waals surface area contributed by atoms with Crippen molar-refractivity contribution >= 4 is 7.12 Å². The van der Waals surface area contributed by atoms with Crippen molar-refractivity contribution in [1.29, 1.82) is 0 Å². The van der Waals surface area contributed by atoms with Crippen molar-refractivity contribution in [3.63, 3.8) is 0 Å². The van der Waals surface area contributed by atoms with Gasteiger partial charge >= 0.3 is 7.12 Å². The lowest BCUT2D eigenvalue weighted by molar-refractivity contribution is 0.00578. The highest BCUT2D eigenvalue weighted by molar-refractivity contribution is 6.47. The van der Waals surface area contributed by atoms with Gasteiger partial charge in [0.25, 0.3) is 0 Å². The van der Waals surface area contributed by atoms with Crippen molar-refractivity contribution in [3.05, 3.63) is 29.1 Å². The van der Waals surface area contributed by atoms with Crippen LogP contribution in [0.4, 0.5) is 4.39 Å². The summed E-state index contributed by atoms with van der Waals surface area (Å²) < 4.78 is 25.2. The van der Waals surface area contributed by atoms with Crippen molar-refractivity contribution in [2.75, 3.05) is 0 Å². The zero-order valence-corrected chi connectivity index (χ0v) is 12.5. The van der Waals surface area contributed by atoms with E-state index in [-0.39, 0.29) is 5.75 Å². The SMILES string of the molecule is Cc1cc(F)cc(C(N)B2OC(C)(C)C(C)(C)O2)c1O. The summed E-state index contributed by atoms with van der Waals surface area (Å²) in [5, 5.41) is 10.1. The molecular weight excluding hydrogens is 260 g/mol. The minimum absolute atomic E-state index is 0.0198. The van der Waals surface area contributed by atoms with Crippen molar-refractivity contribution in [3.8, 4) is 5.75 Å². The van der Waals surface area contributed by atoms with Gasteiger partial charge in [0.2, 0.25) is 0 Å². The van der Waals surface area contributed by atoms with Crippen LogP contribution in [0, 0.1) is 12.7 Å². The molecule has 6 heteroatoms. The lowest BCUT2D eigenvalue weighted by atomic mass is 9.74. The number of aromatic hydroxyl groups is 1.